The van der Waals surface area contributed by atoms with E-state index in [2.05, 4.69) is 17.6 Å². The van der Waals surface area contributed by atoms with Crippen molar-refractivity contribution in [3.8, 4) is 0 Å². The molecule has 1 aromatic rings. The van der Waals surface area contributed by atoms with Gasteiger partial charge in [0.25, 0.3) is 0 Å². The third-order valence-corrected chi connectivity index (χ3v) is 6.67. The largest absolute Gasteiger partial charge is 0.373 e. The Bertz CT molecular complexity index is 754. The lowest BCUT2D eigenvalue weighted by atomic mass is 10.1. The molecule has 0 unspecified atom stereocenters. The molecule has 1 aromatic carbocycles. The molecular formula is C28H46N2O5. The summed E-state index contributed by atoms with van der Waals surface area (Å²) in [6.07, 6.45) is 11.5. The monoisotopic (exact) mass is 490 g/mol. The van der Waals surface area contributed by atoms with E-state index in [1.165, 1.54) is 57.8 Å². The molecule has 0 radical (unpaired) electrons. The number of aryl methyl sites for hydroxylation is 1. The van der Waals surface area contributed by atoms with Crippen LogP contribution in [0.1, 0.15) is 90.5 Å². The molecule has 2 aliphatic rings. The zero-order chi connectivity index (χ0) is 25.1. The highest BCUT2D eigenvalue weighted by Gasteiger charge is 2.55. The Hall–Kier alpha value is -1.67. The molecule has 0 saturated carbocycles. The van der Waals surface area contributed by atoms with Crippen LogP contribution in [0.4, 0.5) is 10.5 Å². The highest BCUT2D eigenvalue weighted by molar-refractivity contribution is 5.89. The van der Waals surface area contributed by atoms with Crippen molar-refractivity contribution in [3.05, 3.63) is 29.8 Å². The Morgan fingerprint density at radius 2 is 1.57 bits per heavy atom. The van der Waals surface area contributed by atoms with Gasteiger partial charge in [0.15, 0.2) is 12.1 Å². The van der Waals surface area contributed by atoms with Crippen LogP contribution in [0.2, 0.25) is 0 Å². The van der Waals surface area contributed by atoms with Crippen molar-refractivity contribution < 1.29 is 23.7 Å². The molecule has 7 heteroatoms. The van der Waals surface area contributed by atoms with Crippen LogP contribution >= 0.6 is 0 Å². The fourth-order valence-electron chi connectivity index (χ4n) is 4.73. The van der Waals surface area contributed by atoms with Gasteiger partial charge in [-0.1, -0.05) is 82.4 Å². The number of carbonyl (C=O) groups excluding carboxylic acids is 1. The van der Waals surface area contributed by atoms with Crippen LogP contribution in [0.3, 0.4) is 0 Å². The van der Waals surface area contributed by atoms with Crippen molar-refractivity contribution >= 4 is 11.7 Å². The molecule has 2 aliphatic heterocycles. The van der Waals surface area contributed by atoms with Gasteiger partial charge in [-0.25, -0.2) is 4.79 Å². The van der Waals surface area contributed by atoms with Crippen molar-refractivity contribution in [2.75, 3.05) is 18.5 Å². The second-order valence-electron chi connectivity index (χ2n) is 10.4. The number of hydrogen-bond acceptors (Lipinski definition) is 5. The Morgan fingerprint density at radius 1 is 0.943 bits per heavy atom. The number of urea groups is 1. The predicted octanol–water partition coefficient (Wildman–Crippen LogP) is 6.30. The average molecular weight is 491 g/mol. The van der Waals surface area contributed by atoms with Gasteiger partial charge in [0.1, 0.15) is 18.3 Å². The van der Waals surface area contributed by atoms with Crippen molar-refractivity contribution in [1.82, 2.24) is 5.32 Å². The number of nitrogens with one attached hydrogen (secondary N) is 2. The summed E-state index contributed by atoms with van der Waals surface area (Å²) in [7, 11) is 0. The van der Waals surface area contributed by atoms with E-state index in [9.17, 15) is 4.79 Å². The summed E-state index contributed by atoms with van der Waals surface area (Å²) in [5.74, 6) is -0.699. The number of anilines is 1. The molecule has 7 nitrogen and oxygen atoms in total. The van der Waals surface area contributed by atoms with Crippen LogP contribution in [0.25, 0.3) is 0 Å². The van der Waals surface area contributed by atoms with Crippen molar-refractivity contribution in [2.24, 2.45) is 0 Å². The summed E-state index contributed by atoms with van der Waals surface area (Å²) < 4.78 is 24.3. The SMILES string of the molecule is CCCCCCCCCCCCO[C@H]1[C@H]2OC(C)(C)O[C@H]2O[C@@H]1CNC(=O)Nc1ccc(C)cc1. The van der Waals surface area contributed by atoms with E-state index >= 15 is 0 Å². The zero-order valence-electron chi connectivity index (χ0n) is 22.1. The molecule has 0 aliphatic carbocycles. The number of fused-ring (bicyclic) bond motifs is 1. The first-order valence-corrected chi connectivity index (χ1v) is 13.6. The van der Waals surface area contributed by atoms with Gasteiger partial charge in [-0.05, 0) is 39.3 Å². The van der Waals surface area contributed by atoms with Crippen LogP contribution < -0.4 is 10.6 Å². The van der Waals surface area contributed by atoms with Crippen molar-refractivity contribution in [2.45, 2.75) is 122 Å². The molecule has 4 atom stereocenters. The normalized spacial score (nSPS) is 24.9. The summed E-state index contributed by atoms with van der Waals surface area (Å²) >= 11 is 0. The van der Waals surface area contributed by atoms with Gasteiger partial charge in [-0.3, -0.25) is 0 Å². The molecule has 2 N–H and O–H groups in total. The van der Waals surface area contributed by atoms with Gasteiger partial charge < -0.3 is 29.6 Å². The molecule has 0 spiro atoms. The Balaban J connectivity index is 1.37. The molecule has 2 saturated heterocycles. The Labute approximate surface area is 211 Å². The number of amides is 2. The summed E-state index contributed by atoms with van der Waals surface area (Å²) in [6, 6.07) is 7.42. The second kappa shape index (κ2) is 14.2. The highest BCUT2D eigenvalue weighted by atomic mass is 16.8. The lowest BCUT2D eigenvalue weighted by Crippen LogP contribution is -2.44. The average Bonchev–Trinajstić information content (AvgIpc) is 3.29. The van der Waals surface area contributed by atoms with Gasteiger partial charge in [-0.2, -0.15) is 0 Å². The fourth-order valence-corrected chi connectivity index (χ4v) is 4.73. The van der Waals surface area contributed by atoms with E-state index in [0.717, 1.165) is 17.7 Å². The first-order valence-electron chi connectivity index (χ1n) is 13.6. The van der Waals surface area contributed by atoms with E-state index in [0.29, 0.717) is 13.2 Å². The quantitative estimate of drug-likeness (QED) is 0.282. The molecule has 0 aromatic heterocycles. The van der Waals surface area contributed by atoms with Crippen LogP contribution in [-0.4, -0.2) is 49.6 Å². The van der Waals surface area contributed by atoms with Crippen molar-refractivity contribution in [1.29, 1.82) is 0 Å². The number of carbonyl (C=O) groups is 1. The summed E-state index contributed by atoms with van der Waals surface area (Å²) in [5.41, 5.74) is 1.90. The minimum absolute atomic E-state index is 0.273. The number of unbranched alkanes of at least 4 members (excludes halogenated alkanes) is 9. The van der Waals surface area contributed by atoms with E-state index in [-0.39, 0.29) is 24.3 Å². The molecule has 2 fully saturated rings. The molecule has 198 valence electrons. The van der Waals surface area contributed by atoms with E-state index in [4.69, 9.17) is 18.9 Å². The van der Waals surface area contributed by atoms with Crippen molar-refractivity contribution in [3.63, 3.8) is 0 Å². The van der Waals surface area contributed by atoms with Gasteiger partial charge in [-0.15, -0.1) is 0 Å². The summed E-state index contributed by atoms with van der Waals surface area (Å²) in [4.78, 5) is 12.4. The van der Waals surface area contributed by atoms with Crippen LogP contribution in [-0.2, 0) is 18.9 Å². The molecule has 2 amide bonds. The van der Waals surface area contributed by atoms with Crippen LogP contribution in [0.15, 0.2) is 24.3 Å². The molecule has 3 rings (SSSR count). The summed E-state index contributed by atoms with van der Waals surface area (Å²) in [5, 5.41) is 5.76. The third kappa shape index (κ3) is 9.37. The highest BCUT2D eigenvalue weighted by Crippen LogP contribution is 2.38. The number of ether oxygens (including phenoxy) is 4. The lowest BCUT2D eigenvalue weighted by Gasteiger charge is -2.26. The molecule has 2 heterocycles. The number of hydrogen-bond donors (Lipinski definition) is 2. The zero-order valence-corrected chi connectivity index (χ0v) is 22.1. The third-order valence-electron chi connectivity index (χ3n) is 6.67. The minimum Gasteiger partial charge on any atom is -0.373 e. The molecular weight excluding hydrogens is 444 g/mol. The number of benzene rings is 1. The van der Waals surface area contributed by atoms with E-state index < -0.39 is 12.1 Å². The molecule has 35 heavy (non-hydrogen) atoms. The van der Waals surface area contributed by atoms with E-state index in [1.54, 1.807) is 0 Å². The standard InChI is InChI=1S/C28H46N2O5/c1-5-6-7-8-9-10-11-12-13-14-19-32-24-23(33-26-25(24)34-28(3,4)35-26)20-29-27(31)30-22-17-15-21(2)16-18-22/h15-18,23-26H,5-14,19-20H2,1-4H3,(H2,29,30,31)/t23-,24-,25-,26-/m1/s1. The fraction of sp³-hybridized carbons (Fsp3) is 0.750. The van der Waals surface area contributed by atoms with Gasteiger partial charge in [0, 0.05) is 18.8 Å². The van der Waals surface area contributed by atoms with Crippen LogP contribution in [0, 0.1) is 6.92 Å². The summed E-state index contributed by atoms with van der Waals surface area (Å²) in [6.45, 7) is 9.02. The lowest BCUT2D eigenvalue weighted by molar-refractivity contribution is -0.217. The first kappa shape index (κ1) is 27.9. The van der Waals surface area contributed by atoms with Gasteiger partial charge in [0.2, 0.25) is 0 Å². The number of rotatable bonds is 15. The molecule has 0 bridgehead atoms. The topological polar surface area (TPSA) is 78.1 Å². The minimum atomic E-state index is -0.699. The van der Waals surface area contributed by atoms with Gasteiger partial charge >= 0.3 is 6.03 Å². The second-order valence-corrected chi connectivity index (χ2v) is 10.4. The van der Waals surface area contributed by atoms with E-state index in [1.807, 2.05) is 45.0 Å². The maximum absolute atomic E-state index is 12.4. The Morgan fingerprint density at radius 3 is 2.23 bits per heavy atom. The smallest absolute Gasteiger partial charge is 0.319 e. The van der Waals surface area contributed by atoms with Gasteiger partial charge in [0.05, 0.1) is 0 Å². The predicted molar refractivity (Wildman–Crippen MR) is 138 cm³/mol. The van der Waals surface area contributed by atoms with Crippen LogP contribution in [0.5, 0.6) is 0 Å². The maximum atomic E-state index is 12.4. The maximum Gasteiger partial charge on any atom is 0.319 e. The first-order chi connectivity index (χ1) is 16.9. The Kier molecular flexibility index (Phi) is 11.3.